The summed E-state index contributed by atoms with van der Waals surface area (Å²) >= 11 is 0. The molecule has 0 aliphatic rings. The monoisotopic (exact) mass is 455 g/mol. The summed E-state index contributed by atoms with van der Waals surface area (Å²) in [6, 6.07) is 12.5. The summed E-state index contributed by atoms with van der Waals surface area (Å²) in [5.74, 6) is 1.30. The highest BCUT2D eigenvalue weighted by molar-refractivity contribution is 14.0. The van der Waals surface area contributed by atoms with Crippen LogP contribution in [0.25, 0.3) is 0 Å². The second-order valence-corrected chi connectivity index (χ2v) is 6.89. The number of aliphatic imine (C=N–C) groups is 1. The Hall–Kier alpha value is -1.57. The lowest BCUT2D eigenvalue weighted by Gasteiger charge is -2.27. The molecule has 1 atom stereocenters. The Labute approximate surface area is 168 Å². The second kappa shape index (κ2) is 10.4. The molecule has 0 saturated carbocycles. The average molecular weight is 455 g/mol. The molecule has 0 aliphatic heterocycles. The smallest absolute Gasteiger partial charge is 0.191 e. The average Bonchev–Trinajstić information content (AvgIpc) is 3.08. The fourth-order valence-electron chi connectivity index (χ4n) is 2.58. The summed E-state index contributed by atoms with van der Waals surface area (Å²) in [7, 11) is 1.81. The van der Waals surface area contributed by atoms with E-state index >= 15 is 0 Å². The van der Waals surface area contributed by atoms with Crippen molar-refractivity contribution in [2.75, 3.05) is 20.1 Å². The van der Waals surface area contributed by atoms with Crippen LogP contribution in [-0.2, 0) is 12.0 Å². The van der Waals surface area contributed by atoms with Crippen molar-refractivity contribution in [2.45, 2.75) is 32.7 Å². The first kappa shape index (κ1) is 21.5. The molecule has 25 heavy (non-hydrogen) atoms. The third-order valence-corrected chi connectivity index (χ3v) is 4.15. The van der Waals surface area contributed by atoms with Gasteiger partial charge in [-0.25, -0.2) is 0 Å². The molecule has 138 valence electrons. The highest BCUT2D eigenvalue weighted by atomic mass is 127. The molecule has 2 N–H and O–H groups in total. The molecule has 1 unspecified atom stereocenters. The Morgan fingerprint density at radius 3 is 2.52 bits per heavy atom. The zero-order valence-electron chi connectivity index (χ0n) is 15.6. The van der Waals surface area contributed by atoms with Gasteiger partial charge in [0.2, 0.25) is 0 Å². The van der Waals surface area contributed by atoms with Gasteiger partial charge in [0, 0.05) is 44.5 Å². The lowest BCUT2D eigenvalue weighted by Crippen LogP contribution is -2.44. The molecule has 0 fully saturated rings. The largest absolute Gasteiger partial charge is 0.356 e. The maximum absolute atomic E-state index is 4.33. The van der Waals surface area contributed by atoms with E-state index in [1.807, 2.05) is 30.2 Å². The van der Waals surface area contributed by atoms with Crippen LogP contribution in [0.2, 0.25) is 0 Å². The lowest BCUT2D eigenvalue weighted by molar-refractivity contribution is 0.441. The molecule has 0 saturated heterocycles. The maximum atomic E-state index is 4.33. The standard InChI is InChI=1S/C19H29N5.HI/c1-16(14-24-12-8-11-23-24)13-21-18(20-4)22-15-19(2,3)17-9-6-5-7-10-17;/h5-12,16H,13-15H2,1-4H3,(H2,20,21,22);1H. The van der Waals surface area contributed by atoms with Crippen LogP contribution in [-0.4, -0.2) is 35.9 Å². The van der Waals surface area contributed by atoms with Gasteiger partial charge < -0.3 is 10.6 Å². The van der Waals surface area contributed by atoms with Crippen molar-refractivity contribution < 1.29 is 0 Å². The number of hydrogen-bond donors (Lipinski definition) is 2. The first-order chi connectivity index (χ1) is 11.5. The van der Waals surface area contributed by atoms with Gasteiger partial charge in [-0.15, -0.1) is 24.0 Å². The fraction of sp³-hybridized carbons (Fsp3) is 0.474. The SMILES string of the molecule is CN=C(NCC(C)Cn1cccn1)NCC(C)(C)c1ccccc1.I. The Balaban J connectivity index is 0.00000312. The molecule has 0 radical (unpaired) electrons. The topological polar surface area (TPSA) is 54.2 Å². The molecule has 0 aliphatic carbocycles. The summed E-state index contributed by atoms with van der Waals surface area (Å²) in [5, 5.41) is 11.1. The molecular formula is C19H30IN5. The number of aromatic nitrogens is 2. The summed E-state index contributed by atoms with van der Waals surface area (Å²) in [6.45, 7) is 9.25. The van der Waals surface area contributed by atoms with Crippen molar-refractivity contribution >= 4 is 29.9 Å². The fourth-order valence-corrected chi connectivity index (χ4v) is 2.58. The van der Waals surface area contributed by atoms with Crippen molar-refractivity contribution in [3.05, 3.63) is 54.4 Å². The van der Waals surface area contributed by atoms with Crippen LogP contribution in [0.3, 0.4) is 0 Å². The Kier molecular flexibility index (Phi) is 8.96. The van der Waals surface area contributed by atoms with E-state index in [2.05, 4.69) is 71.8 Å². The van der Waals surface area contributed by atoms with Crippen molar-refractivity contribution in [1.29, 1.82) is 0 Å². The van der Waals surface area contributed by atoms with Crippen molar-refractivity contribution in [2.24, 2.45) is 10.9 Å². The zero-order chi connectivity index (χ0) is 17.4. The van der Waals surface area contributed by atoms with Gasteiger partial charge in [-0.2, -0.15) is 5.10 Å². The summed E-state index contributed by atoms with van der Waals surface area (Å²) in [5.41, 5.74) is 1.36. The van der Waals surface area contributed by atoms with Crippen LogP contribution in [0, 0.1) is 5.92 Å². The Morgan fingerprint density at radius 2 is 1.92 bits per heavy atom. The van der Waals surface area contributed by atoms with E-state index in [-0.39, 0.29) is 29.4 Å². The number of hydrogen-bond acceptors (Lipinski definition) is 2. The molecule has 5 nitrogen and oxygen atoms in total. The van der Waals surface area contributed by atoms with Gasteiger partial charge in [0.15, 0.2) is 5.96 Å². The minimum absolute atomic E-state index is 0. The second-order valence-electron chi connectivity index (χ2n) is 6.89. The zero-order valence-corrected chi connectivity index (χ0v) is 17.9. The maximum Gasteiger partial charge on any atom is 0.191 e. The third kappa shape index (κ3) is 7.05. The highest BCUT2D eigenvalue weighted by Crippen LogP contribution is 2.21. The minimum atomic E-state index is 0. The third-order valence-electron chi connectivity index (χ3n) is 4.15. The number of benzene rings is 1. The number of nitrogens with zero attached hydrogens (tertiary/aromatic N) is 3. The number of nitrogens with one attached hydrogen (secondary N) is 2. The van der Waals surface area contributed by atoms with E-state index < -0.39 is 0 Å². The summed E-state index contributed by atoms with van der Waals surface area (Å²) in [6.07, 6.45) is 3.80. The highest BCUT2D eigenvalue weighted by Gasteiger charge is 2.20. The van der Waals surface area contributed by atoms with Crippen LogP contribution in [0.15, 0.2) is 53.8 Å². The molecule has 0 amide bonds. The normalized spacial score (nSPS) is 13.0. The lowest BCUT2D eigenvalue weighted by atomic mass is 9.85. The van der Waals surface area contributed by atoms with E-state index in [4.69, 9.17) is 0 Å². The van der Waals surface area contributed by atoms with Crippen LogP contribution in [0.1, 0.15) is 26.3 Å². The van der Waals surface area contributed by atoms with Crippen LogP contribution < -0.4 is 10.6 Å². The predicted octanol–water partition coefficient (Wildman–Crippen LogP) is 3.28. The first-order valence-electron chi connectivity index (χ1n) is 8.49. The molecule has 1 heterocycles. The van der Waals surface area contributed by atoms with Gasteiger partial charge in [-0.05, 0) is 17.5 Å². The molecule has 0 bridgehead atoms. The quantitative estimate of drug-likeness (QED) is 0.383. The van der Waals surface area contributed by atoms with Crippen LogP contribution >= 0.6 is 24.0 Å². The van der Waals surface area contributed by atoms with Gasteiger partial charge in [0.05, 0.1) is 0 Å². The van der Waals surface area contributed by atoms with Gasteiger partial charge in [0.25, 0.3) is 0 Å². The summed E-state index contributed by atoms with van der Waals surface area (Å²) in [4.78, 5) is 4.33. The van der Waals surface area contributed by atoms with Crippen LogP contribution in [0.4, 0.5) is 0 Å². The van der Waals surface area contributed by atoms with Crippen LogP contribution in [0.5, 0.6) is 0 Å². The Bertz CT molecular complexity index is 623. The van der Waals surface area contributed by atoms with E-state index in [0.29, 0.717) is 5.92 Å². The molecule has 1 aromatic carbocycles. The van der Waals surface area contributed by atoms with Crippen molar-refractivity contribution in [1.82, 2.24) is 20.4 Å². The number of halogens is 1. The van der Waals surface area contributed by atoms with Gasteiger partial charge in [-0.3, -0.25) is 9.67 Å². The van der Waals surface area contributed by atoms with E-state index in [9.17, 15) is 0 Å². The molecular weight excluding hydrogens is 425 g/mol. The Morgan fingerprint density at radius 1 is 1.20 bits per heavy atom. The number of guanidine groups is 1. The molecule has 1 aromatic heterocycles. The number of rotatable bonds is 7. The molecule has 0 spiro atoms. The molecule has 2 aromatic rings. The van der Waals surface area contributed by atoms with E-state index in [1.165, 1.54) is 5.56 Å². The van der Waals surface area contributed by atoms with Crippen molar-refractivity contribution in [3.8, 4) is 0 Å². The first-order valence-corrected chi connectivity index (χ1v) is 8.49. The van der Waals surface area contributed by atoms with E-state index in [1.54, 1.807) is 0 Å². The summed E-state index contributed by atoms with van der Waals surface area (Å²) < 4.78 is 1.96. The van der Waals surface area contributed by atoms with Crippen molar-refractivity contribution in [3.63, 3.8) is 0 Å². The van der Waals surface area contributed by atoms with Gasteiger partial charge >= 0.3 is 0 Å². The van der Waals surface area contributed by atoms with Gasteiger partial charge in [-0.1, -0.05) is 51.1 Å². The minimum Gasteiger partial charge on any atom is -0.356 e. The van der Waals surface area contributed by atoms with E-state index in [0.717, 1.165) is 25.6 Å². The predicted molar refractivity (Wildman–Crippen MR) is 116 cm³/mol. The van der Waals surface area contributed by atoms with Gasteiger partial charge in [0.1, 0.15) is 0 Å². The molecule has 6 heteroatoms. The molecule has 2 rings (SSSR count).